The van der Waals surface area contributed by atoms with E-state index in [0.29, 0.717) is 17.4 Å². The molecule has 2 nitrogen and oxygen atoms in total. The summed E-state index contributed by atoms with van der Waals surface area (Å²) in [6, 6.07) is 8.93. The Morgan fingerprint density at radius 3 is 2.07 bits per heavy atom. The van der Waals surface area contributed by atoms with Crippen molar-refractivity contribution in [1.82, 2.24) is 0 Å². The van der Waals surface area contributed by atoms with E-state index in [1.54, 1.807) is 12.7 Å². The molecule has 0 aliphatic heterocycles. The molecule has 0 spiro atoms. The van der Waals surface area contributed by atoms with Gasteiger partial charge in [-0.15, -0.1) is 6.58 Å². The molecule has 1 aromatic carbocycles. The van der Waals surface area contributed by atoms with Gasteiger partial charge in [0.15, 0.2) is 0 Å². The second-order valence-corrected chi connectivity index (χ2v) is 9.24. The van der Waals surface area contributed by atoms with E-state index in [2.05, 4.69) is 30.8 Å². The highest BCUT2D eigenvalue weighted by Crippen LogP contribution is 2.59. The van der Waals surface area contributed by atoms with Crippen molar-refractivity contribution in [2.75, 3.05) is 20.3 Å². The molecule has 0 amide bonds. The van der Waals surface area contributed by atoms with Gasteiger partial charge in [-0.25, -0.2) is 0 Å². The number of benzene rings is 1. The van der Waals surface area contributed by atoms with Crippen LogP contribution in [0.2, 0.25) is 0 Å². The molecule has 1 aromatic rings. The fourth-order valence-electron chi connectivity index (χ4n) is 5.59. The Morgan fingerprint density at radius 1 is 0.857 bits per heavy atom. The molecule has 0 aromatic heterocycles. The molecule has 3 fully saturated rings. The van der Waals surface area contributed by atoms with E-state index in [-0.39, 0.29) is 0 Å². The zero-order valence-electron chi connectivity index (χ0n) is 18.0. The van der Waals surface area contributed by atoms with Crippen molar-refractivity contribution in [3.8, 4) is 5.75 Å². The Labute approximate surface area is 172 Å². The third-order valence-electron chi connectivity index (χ3n) is 7.59. The summed E-state index contributed by atoms with van der Waals surface area (Å²) in [5, 5.41) is 0. The van der Waals surface area contributed by atoms with E-state index in [0.717, 1.165) is 12.4 Å². The van der Waals surface area contributed by atoms with Crippen LogP contribution in [0.3, 0.4) is 0 Å². The Hall–Kier alpha value is -1.28. The fraction of sp³-hybridized carbons (Fsp3) is 0.692. The summed E-state index contributed by atoms with van der Waals surface area (Å²) < 4.78 is 10.8. The molecular formula is C26H40O2. The van der Waals surface area contributed by atoms with Gasteiger partial charge in [-0.1, -0.05) is 50.3 Å². The topological polar surface area (TPSA) is 18.5 Å². The van der Waals surface area contributed by atoms with Gasteiger partial charge < -0.3 is 9.47 Å². The predicted molar refractivity (Wildman–Crippen MR) is 118 cm³/mol. The highest BCUT2D eigenvalue weighted by molar-refractivity contribution is 5.34. The smallest absolute Gasteiger partial charge is 0.118 e. The van der Waals surface area contributed by atoms with Crippen LogP contribution in [0, 0.1) is 5.41 Å². The lowest BCUT2D eigenvalue weighted by atomic mass is 9.51. The first-order valence-corrected chi connectivity index (χ1v) is 11.6. The molecule has 2 heteroatoms. The highest BCUT2D eigenvalue weighted by Gasteiger charge is 2.48. The zero-order chi connectivity index (χ0) is 19.7. The lowest BCUT2D eigenvalue weighted by molar-refractivity contribution is 0.0304. The third-order valence-corrected chi connectivity index (χ3v) is 7.59. The minimum Gasteiger partial charge on any atom is -0.497 e. The highest BCUT2D eigenvalue weighted by atomic mass is 16.5. The number of methoxy groups -OCH3 is 1. The average molecular weight is 385 g/mol. The minimum absolute atomic E-state index is 0.460. The first kappa shape index (κ1) is 21.4. The third kappa shape index (κ3) is 5.41. The standard InChI is InChI=1S/C26H40O2/c1-3-21-28-22-9-7-5-4-6-8-14-25-15-18-26(19-16-25,20-17-25)23-10-12-24(27-2)13-11-23/h3,10-13H,1,4-9,14-22H2,2H3. The molecular weight excluding hydrogens is 344 g/mol. The van der Waals surface area contributed by atoms with Gasteiger partial charge in [0, 0.05) is 6.61 Å². The molecule has 156 valence electrons. The number of ether oxygens (including phenoxy) is 2. The summed E-state index contributed by atoms with van der Waals surface area (Å²) in [5.74, 6) is 0.977. The maximum atomic E-state index is 5.45. The maximum Gasteiger partial charge on any atom is 0.118 e. The molecule has 0 saturated heterocycles. The van der Waals surface area contributed by atoms with Crippen LogP contribution < -0.4 is 4.74 Å². The van der Waals surface area contributed by atoms with Crippen LogP contribution >= 0.6 is 0 Å². The van der Waals surface area contributed by atoms with Crippen LogP contribution in [-0.2, 0) is 10.2 Å². The van der Waals surface area contributed by atoms with Crippen LogP contribution in [0.15, 0.2) is 36.9 Å². The summed E-state index contributed by atoms with van der Waals surface area (Å²) in [4.78, 5) is 0. The van der Waals surface area contributed by atoms with Gasteiger partial charge in [0.05, 0.1) is 13.7 Å². The molecule has 0 atom stereocenters. The molecule has 2 bridgehead atoms. The summed E-state index contributed by atoms with van der Waals surface area (Å²) in [6.07, 6.45) is 19.9. The van der Waals surface area contributed by atoms with Crippen molar-refractivity contribution in [2.45, 2.75) is 88.9 Å². The zero-order valence-corrected chi connectivity index (χ0v) is 18.0. The van der Waals surface area contributed by atoms with Crippen molar-refractivity contribution in [2.24, 2.45) is 5.41 Å². The molecule has 0 heterocycles. The molecule has 3 aliphatic carbocycles. The predicted octanol–water partition coefficient (Wildman–Crippen LogP) is 7.22. The van der Waals surface area contributed by atoms with Crippen LogP contribution in [0.1, 0.15) is 89.0 Å². The molecule has 28 heavy (non-hydrogen) atoms. The van der Waals surface area contributed by atoms with E-state index < -0.39 is 0 Å². The van der Waals surface area contributed by atoms with Gasteiger partial charge in [-0.2, -0.15) is 0 Å². The van der Waals surface area contributed by atoms with Gasteiger partial charge in [-0.3, -0.25) is 0 Å². The van der Waals surface area contributed by atoms with Crippen molar-refractivity contribution >= 4 is 0 Å². The van der Waals surface area contributed by atoms with E-state index in [9.17, 15) is 0 Å². The number of fused-ring (bicyclic) bond motifs is 3. The van der Waals surface area contributed by atoms with Crippen molar-refractivity contribution in [3.63, 3.8) is 0 Å². The largest absolute Gasteiger partial charge is 0.497 e. The second-order valence-electron chi connectivity index (χ2n) is 9.24. The summed E-state index contributed by atoms with van der Waals surface area (Å²) >= 11 is 0. The average Bonchev–Trinajstić information content (AvgIpc) is 2.76. The van der Waals surface area contributed by atoms with E-state index in [1.165, 1.54) is 83.5 Å². The van der Waals surface area contributed by atoms with Crippen LogP contribution in [-0.4, -0.2) is 20.3 Å². The van der Waals surface area contributed by atoms with Gasteiger partial charge in [0.2, 0.25) is 0 Å². The van der Waals surface area contributed by atoms with Gasteiger partial charge in [-0.05, 0) is 79.9 Å². The summed E-state index contributed by atoms with van der Waals surface area (Å²) in [5.41, 5.74) is 2.69. The first-order valence-electron chi connectivity index (χ1n) is 11.6. The maximum absolute atomic E-state index is 5.45. The number of unbranched alkanes of at least 4 members (excludes halogenated alkanes) is 5. The number of hydrogen-bond donors (Lipinski definition) is 0. The van der Waals surface area contributed by atoms with Crippen molar-refractivity contribution < 1.29 is 9.47 Å². The lowest BCUT2D eigenvalue weighted by Crippen LogP contribution is -2.44. The van der Waals surface area contributed by atoms with Gasteiger partial charge in [0.25, 0.3) is 0 Å². The quantitative estimate of drug-likeness (QED) is 0.264. The normalized spacial score (nSPS) is 26.3. The number of hydrogen-bond acceptors (Lipinski definition) is 2. The van der Waals surface area contributed by atoms with Crippen LogP contribution in [0.25, 0.3) is 0 Å². The molecule has 0 unspecified atom stereocenters. The molecule has 4 rings (SSSR count). The minimum atomic E-state index is 0.460. The Kier molecular flexibility index (Phi) is 8.02. The Bertz CT molecular complexity index is 564. The first-order chi connectivity index (χ1) is 13.7. The fourth-order valence-corrected chi connectivity index (χ4v) is 5.59. The van der Waals surface area contributed by atoms with E-state index in [1.807, 2.05) is 6.08 Å². The van der Waals surface area contributed by atoms with Crippen molar-refractivity contribution in [1.29, 1.82) is 0 Å². The van der Waals surface area contributed by atoms with E-state index >= 15 is 0 Å². The van der Waals surface area contributed by atoms with Crippen molar-refractivity contribution in [3.05, 3.63) is 42.5 Å². The molecule has 0 radical (unpaired) electrons. The Morgan fingerprint density at radius 2 is 1.46 bits per heavy atom. The molecule has 3 aliphatic rings. The van der Waals surface area contributed by atoms with Gasteiger partial charge in [0.1, 0.15) is 5.75 Å². The molecule has 3 saturated carbocycles. The molecule has 0 N–H and O–H groups in total. The van der Waals surface area contributed by atoms with Crippen LogP contribution in [0.5, 0.6) is 5.75 Å². The summed E-state index contributed by atoms with van der Waals surface area (Å²) in [7, 11) is 1.75. The lowest BCUT2D eigenvalue weighted by Gasteiger charge is -2.54. The van der Waals surface area contributed by atoms with E-state index in [4.69, 9.17) is 9.47 Å². The second kappa shape index (κ2) is 10.5. The van der Waals surface area contributed by atoms with Crippen LogP contribution in [0.4, 0.5) is 0 Å². The summed E-state index contributed by atoms with van der Waals surface area (Å²) in [6.45, 7) is 5.27. The Balaban J connectivity index is 1.33. The number of rotatable bonds is 13. The SMILES string of the molecule is C=CCOCCCCCCCCC12CCC(c3ccc(OC)cc3)(CC1)CC2. The monoisotopic (exact) mass is 384 g/mol. The van der Waals surface area contributed by atoms with Gasteiger partial charge >= 0.3 is 0 Å².